The lowest BCUT2D eigenvalue weighted by atomic mass is 10.1. The molecule has 1 unspecified atom stereocenters. The van der Waals surface area contributed by atoms with Gasteiger partial charge in [0.15, 0.2) is 6.29 Å². The van der Waals surface area contributed by atoms with Crippen molar-refractivity contribution in [2.75, 3.05) is 0 Å². The third-order valence-electron chi connectivity index (χ3n) is 3.92. The molecule has 24 heavy (non-hydrogen) atoms. The Kier molecular flexibility index (Phi) is 5.08. The smallest absolute Gasteiger partial charge is 0.150 e. The number of hydrogen-bond acceptors (Lipinski definition) is 2. The van der Waals surface area contributed by atoms with Gasteiger partial charge in [0.2, 0.25) is 0 Å². The minimum absolute atomic E-state index is 0.253. The molecule has 0 aromatic heterocycles. The van der Waals surface area contributed by atoms with Crippen molar-refractivity contribution in [3.63, 3.8) is 0 Å². The first-order valence-electron chi connectivity index (χ1n) is 7.84. The summed E-state index contributed by atoms with van der Waals surface area (Å²) < 4.78 is 0. The highest BCUT2D eigenvalue weighted by atomic mass is 31.1. The van der Waals surface area contributed by atoms with Gasteiger partial charge in [-0.1, -0.05) is 62.7 Å². The van der Waals surface area contributed by atoms with Crippen molar-refractivity contribution < 1.29 is 9.90 Å². The van der Waals surface area contributed by atoms with Crippen molar-refractivity contribution in [2.45, 2.75) is 13.3 Å². The molecule has 0 aliphatic carbocycles. The van der Waals surface area contributed by atoms with Crippen molar-refractivity contribution in [3.8, 4) is 5.75 Å². The highest BCUT2D eigenvalue weighted by molar-refractivity contribution is 7.56. The van der Waals surface area contributed by atoms with Crippen LogP contribution in [0.5, 0.6) is 5.75 Å². The number of phenols is 1. The number of carbonyl (C=O) groups excluding carboxylic acids is 1. The van der Waals surface area contributed by atoms with E-state index in [9.17, 15) is 9.90 Å². The van der Waals surface area contributed by atoms with Crippen LogP contribution in [0.25, 0.3) is 0 Å². The Balaban J connectivity index is 1.88. The molecular formula is C21H19O2P. The molecule has 0 fully saturated rings. The Labute approximate surface area is 144 Å². The Morgan fingerprint density at radius 2 is 1.71 bits per heavy atom. The molecule has 1 atom stereocenters. The molecule has 0 saturated heterocycles. The van der Waals surface area contributed by atoms with Crippen molar-refractivity contribution in [1.82, 2.24) is 0 Å². The van der Waals surface area contributed by atoms with Crippen LogP contribution in [0.4, 0.5) is 0 Å². The van der Waals surface area contributed by atoms with Crippen LogP contribution in [0.3, 0.4) is 0 Å². The van der Waals surface area contributed by atoms with E-state index < -0.39 is 0 Å². The second-order valence-corrected chi connectivity index (χ2v) is 7.17. The SMILES string of the molecule is Cc1ccc(Pc2cc(Cc3ccccc3)ccc2O)c(C=O)c1. The first-order chi connectivity index (χ1) is 11.7. The van der Waals surface area contributed by atoms with E-state index in [0.29, 0.717) is 5.56 Å². The molecule has 0 saturated carbocycles. The van der Waals surface area contributed by atoms with E-state index in [1.165, 1.54) is 5.56 Å². The fourth-order valence-electron chi connectivity index (χ4n) is 2.66. The Bertz CT molecular complexity index is 857. The first kappa shape index (κ1) is 16.4. The number of rotatable bonds is 5. The van der Waals surface area contributed by atoms with E-state index in [1.54, 1.807) is 6.07 Å². The van der Waals surface area contributed by atoms with Gasteiger partial charge in [-0.15, -0.1) is 0 Å². The van der Waals surface area contributed by atoms with Gasteiger partial charge < -0.3 is 5.11 Å². The Morgan fingerprint density at radius 1 is 0.917 bits per heavy atom. The van der Waals surface area contributed by atoms with Gasteiger partial charge in [0.05, 0.1) is 0 Å². The Morgan fingerprint density at radius 3 is 2.46 bits per heavy atom. The number of aldehydes is 1. The molecule has 1 N–H and O–H groups in total. The molecule has 0 spiro atoms. The fraction of sp³-hybridized carbons (Fsp3) is 0.0952. The summed E-state index contributed by atoms with van der Waals surface area (Å²) in [5.41, 5.74) is 4.15. The van der Waals surface area contributed by atoms with Crippen molar-refractivity contribution in [3.05, 3.63) is 89.0 Å². The summed E-state index contributed by atoms with van der Waals surface area (Å²) in [6, 6.07) is 21.9. The standard InChI is InChI=1S/C21H19O2P/c1-15-7-10-20(18(11-15)14-22)24-21-13-17(8-9-19(21)23)12-16-5-3-2-4-6-16/h2-11,13-14,23-24H,12H2,1H3. The molecule has 3 aromatic rings. The van der Waals surface area contributed by atoms with Gasteiger partial charge in [-0.3, -0.25) is 4.79 Å². The highest BCUT2D eigenvalue weighted by Gasteiger charge is 2.08. The topological polar surface area (TPSA) is 37.3 Å². The molecule has 0 amide bonds. The molecular weight excluding hydrogens is 315 g/mol. The average Bonchev–Trinajstić information content (AvgIpc) is 2.60. The van der Waals surface area contributed by atoms with E-state index in [2.05, 4.69) is 12.1 Å². The van der Waals surface area contributed by atoms with E-state index in [-0.39, 0.29) is 14.3 Å². The Hall–Kier alpha value is -2.44. The number of benzene rings is 3. The van der Waals surface area contributed by atoms with Crippen LogP contribution < -0.4 is 10.6 Å². The largest absolute Gasteiger partial charge is 0.507 e. The van der Waals surface area contributed by atoms with Crippen LogP contribution in [0, 0.1) is 6.92 Å². The molecule has 120 valence electrons. The summed E-state index contributed by atoms with van der Waals surface area (Å²) in [5, 5.41) is 12.0. The fourth-order valence-corrected chi connectivity index (χ4v) is 3.86. The zero-order valence-corrected chi connectivity index (χ0v) is 14.5. The predicted molar refractivity (Wildman–Crippen MR) is 102 cm³/mol. The van der Waals surface area contributed by atoms with Gasteiger partial charge in [-0.2, -0.15) is 0 Å². The number of aromatic hydroxyl groups is 1. The van der Waals surface area contributed by atoms with Crippen molar-refractivity contribution in [1.29, 1.82) is 0 Å². The first-order valence-corrected chi connectivity index (χ1v) is 8.84. The normalized spacial score (nSPS) is 11.0. The second-order valence-electron chi connectivity index (χ2n) is 5.85. The lowest BCUT2D eigenvalue weighted by molar-refractivity contribution is 0.112. The molecule has 0 heterocycles. The second kappa shape index (κ2) is 7.42. The quantitative estimate of drug-likeness (QED) is 0.570. The maximum atomic E-state index is 11.3. The monoisotopic (exact) mass is 334 g/mol. The van der Waals surface area contributed by atoms with Crippen LogP contribution in [0.2, 0.25) is 0 Å². The average molecular weight is 334 g/mol. The maximum Gasteiger partial charge on any atom is 0.150 e. The molecule has 0 radical (unpaired) electrons. The van der Waals surface area contributed by atoms with Gasteiger partial charge in [0.25, 0.3) is 0 Å². The van der Waals surface area contributed by atoms with Crippen LogP contribution in [0.15, 0.2) is 66.7 Å². The highest BCUT2D eigenvalue weighted by Crippen LogP contribution is 2.22. The number of hydrogen-bond donors (Lipinski definition) is 1. The summed E-state index contributed by atoms with van der Waals surface area (Å²) in [4.78, 5) is 11.3. The van der Waals surface area contributed by atoms with Crippen molar-refractivity contribution >= 4 is 25.5 Å². The number of phenolic OH excluding ortho intramolecular Hbond substituents is 1. The molecule has 0 aliphatic rings. The summed E-state index contributed by atoms with van der Waals surface area (Å²) in [6.45, 7) is 1.97. The molecule has 0 aliphatic heterocycles. The van der Waals surface area contributed by atoms with E-state index in [1.807, 2.05) is 55.5 Å². The maximum absolute atomic E-state index is 11.3. The number of carbonyl (C=O) groups is 1. The number of aryl methyl sites for hydroxylation is 1. The van der Waals surface area contributed by atoms with Crippen LogP contribution in [-0.2, 0) is 6.42 Å². The van der Waals surface area contributed by atoms with Gasteiger partial charge in [0.1, 0.15) is 5.75 Å². The molecule has 2 nitrogen and oxygen atoms in total. The third kappa shape index (κ3) is 3.90. The zero-order chi connectivity index (χ0) is 16.9. The molecule has 3 rings (SSSR count). The molecule has 3 heteroatoms. The van der Waals surface area contributed by atoms with E-state index in [4.69, 9.17) is 0 Å². The summed E-state index contributed by atoms with van der Waals surface area (Å²) >= 11 is 0. The zero-order valence-electron chi connectivity index (χ0n) is 13.5. The van der Waals surface area contributed by atoms with Gasteiger partial charge in [-0.05, 0) is 48.0 Å². The van der Waals surface area contributed by atoms with E-state index in [0.717, 1.165) is 34.4 Å². The van der Waals surface area contributed by atoms with E-state index >= 15 is 0 Å². The summed E-state index contributed by atoms with van der Waals surface area (Å²) in [5.74, 6) is 0.280. The third-order valence-corrected chi connectivity index (χ3v) is 5.31. The summed E-state index contributed by atoms with van der Waals surface area (Å²) in [7, 11) is 0.253. The van der Waals surface area contributed by atoms with Gasteiger partial charge in [-0.25, -0.2) is 0 Å². The predicted octanol–water partition coefficient (Wildman–Crippen LogP) is 3.73. The lowest BCUT2D eigenvalue weighted by Crippen LogP contribution is -2.10. The lowest BCUT2D eigenvalue weighted by Gasteiger charge is -2.10. The van der Waals surface area contributed by atoms with Crippen LogP contribution >= 0.6 is 8.58 Å². The van der Waals surface area contributed by atoms with Crippen LogP contribution in [0.1, 0.15) is 27.0 Å². The van der Waals surface area contributed by atoms with Crippen molar-refractivity contribution in [2.24, 2.45) is 0 Å². The van der Waals surface area contributed by atoms with Gasteiger partial charge in [0, 0.05) is 10.9 Å². The minimum Gasteiger partial charge on any atom is -0.507 e. The van der Waals surface area contributed by atoms with Gasteiger partial charge >= 0.3 is 0 Å². The minimum atomic E-state index is 0.253. The molecule has 3 aromatic carbocycles. The molecule has 0 bridgehead atoms. The summed E-state index contributed by atoms with van der Waals surface area (Å²) in [6.07, 6.45) is 1.72. The van der Waals surface area contributed by atoms with Crippen LogP contribution in [-0.4, -0.2) is 11.4 Å².